The van der Waals surface area contributed by atoms with Crippen molar-refractivity contribution in [1.82, 2.24) is 0 Å². The maximum atomic E-state index is 11.2. The Morgan fingerprint density at radius 2 is 2.00 bits per heavy atom. The number of hydrogen-bond donors (Lipinski definition) is 0. The van der Waals surface area contributed by atoms with E-state index in [0.29, 0.717) is 0 Å². The number of hydrogen-bond acceptors (Lipinski definition) is 2. The molecule has 1 heterocycles. The molecular formula is C8H12O2Sn. The van der Waals surface area contributed by atoms with Crippen molar-refractivity contribution < 1.29 is 4.42 Å². The van der Waals surface area contributed by atoms with E-state index in [1.54, 1.807) is 6.07 Å². The van der Waals surface area contributed by atoms with Crippen LogP contribution in [0.1, 0.15) is 0 Å². The van der Waals surface area contributed by atoms with Gasteiger partial charge in [0.25, 0.3) is 0 Å². The quantitative estimate of drug-likeness (QED) is 0.709. The average molecular weight is 259 g/mol. The van der Waals surface area contributed by atoms with Crippen molar-refractivity contribution in [3.63, 3.8) is 0 Å². The van der Waals surface area contributed by atoms with Gasteiger partial charge in [0.05, 0.1) is 0 Å². The zero-order valence-electron chi connectivity index (χ0n) is 7.05. The SMILES string of the molecule is [CH3][Sn]([CH3])([CH3])[c]1cccoc1=O. The minimum atomic E-state index is -2.18. The van der Waals surface area contributed by atoms with Crippen LogP contribution in [0.2, 0.25) is 14.8 Å². The van der Waals surface area contributed by atoms with Gasteiger partial charge in [-0.1, -0.05) is 0 Å². The van der Waals surface area contributed by atoms with E-state index < -0.39 is 18.4 Å². The Bertz CT molecular complexity index is 295. The molecule has 0 aromatic carbocycles. The van der Waals surface area contributed by atoms with Crippen molar-refractivity contribution in [2.45, 2.75) is 14.8 Å². The summed E-state index contributed by atoms with van der Waals surface area (Å²) in [6.45, 7) is 0. The monoisotopic (exact) mass is 260 g/mol. The second kappa shape index (κ2) is 3.01. The molecule has 0 aliphatic rings. The Balaban J connectivity index is 3.26. The van der Waals surface area contributed by atoms with Gasteiger partial charge >= 0.3 is 70.0 Å². The fourth-order valence-electron chi connectivity index (χ4n) is 0.924. The molecule has 2 nitrogen and oxygen atoms in total. The van der Waals surface area contributed by atoms with Gasteiger partial charge in [0.2, 0.25) is 0 Å². The van der Waals surface area contributed by atoms with E-state index in [1.165, 1.54) is 6.26 Å². The average Bonchev–Trinajstić information content (AvgIpc) is 1.86. The molecular weight excluding hydrogens is 247 g/mol. The predicted octanol–water partition coefficient (Wildman–Crippen LogP) is 1.18. The molecule has 0 saturated heterocycles. The molecule has 0 N–H and O–H groups in total. The number of rotatable bonds is 1. The summed E-state index contributed by atoms with van der Waals surface area (Å²) in [6.07, 6.45) is 1.43. The summed E-state index contributed by atoms with van der Waals surface area (Å²) >= 11 is -2.18. The Morgan fingerprint density at radius 3 is 2.36 bits per heavy atom. The van der Waals surface area contributed by atoms with Crippen molar-refractivity contribution in [1.29, 1.82) is 0 Å². The molecule has 60 valence electrons. The topological polar surface area (TPSA) is 30.2 Å². The van der Waals surface area contributed by atoms with Crippen LogP contribution in [0.5, 0.6) is 0 Å². The molecule has 1 aromatic heterocycles. The van der Waals surface area contributed by atoms with Gasteiger partial charge in [0.15, 0.2) is 0 Å². The zero-order valence-corrected chi connectivity index (χ0v) is 9.90. The van der Waals surface area contributed by atoms with E-state index in [2.05, 4.69) is 14.8 Å². The van der Waals surface area contributed by atoms with Crippen molar-refractivity contribution in [2.24, 2.45) is 0 Å². The Kier molecular flexibility index (Phi) is 2.42. The third-order valence-corrected chi connectivity index (χ3v) is 7.22. The van der Waals surface area contributed by atoms with Crippen LogP contribution in [0.15, 0.2) is 27.6 Å². The molecule has 1 aromatic rings. The molecule has 0 amide bonds. The molecule has 0 bridgehead atoms. The summed E-state index contributed by atoms with van der Waals surface area (Å²) in [6, 6.07) is 3.68. The maximum absolute atomic E-state index is 11.2. The summed E-state index contributed by atoms with van der Waals surface area (Å²) in [5, 5.41) is 0. The molecule has 0 saturated carbocycles. The van der Waals surface area contributed by atoms with E-state index in [1.807, 2.05) is 6.07 Å². The fourth-order valence-corrected chi connectivity index (χ4v) is 4.54. The summed E-state index contributed by atoms with van der Waals surface area (Å²) in [5.41, 5.74) is -0.143. The molecule has 0 fully saturated rings. The summed E-state index contributed by atoms with van der Waals surface area (Å²) in [4.78, 5) is 17.7. The minimum absolute atomic E-state index is 0.143. The summed E-state index contributed by atoms with van der Waals surface area (Å²) in [5.74, 6) is 0. The van der Waals surface area contributed by atoms with Gasteiger partial charge < -0.3 is 0 Å². The fraction of sp³-hybridized carbons (Fsp3) is 0.375. The van der Waals surface area contributed by atoms with Crippen molar-refractivity contribution in [2.75, 3.05) is 0 Å². The molecule has 0 radical (unpaired) electrons. The van der Waals surface area contributed by atoms with Crippen LogP contribution in [0.4, 0.5) is 0 Å². The van der Waals surface area contributed by atoms with Gasteiger partial charge in [0, 0.05) is 0 Å². The molecule has 0 aliphatic heterocycles. The second-order valence-corrected chi connectivity index (χ2v) is 17.9. The van der Waals surface area contributed by atoms with Crippen LogP contribution < -0.4 is 9.20 Å². The van der Waals surface area contributed by atoms with Crippen molar-refractivity contribution in [3.8, 4) is 0 Å². The first-order valence-electron chi connectivity index (χ1n) is 3.60. The molecule has 3 heteroatoms. The molecule has 0 atom stereocenters. The van der Waals surface area contributed by atoms with Gasteiger partial charge in [-0.3, -0.25) is 0 Å². The molecule has 0 unspecified atom stereocenters. The van der Waals surface area contributed by atoms with Gasteiger partial charge in [0.1, 0.15) is 0 Å². The molecule has 0 spiro atoms. The third kappa shape index (κ3) is 2.09. The van der Waals surface area contributed by atoms with E-state index in [0.717, 1.165) is 3.58 Å². The van der Waals surface area contributed by atoms with Crippen molar-refractivity contribution >= 4 is 22.0 Å². The van der Waals surface area contributed by atoms with Gasteiger partial charge in [-0.05, 0) is 0 Å². The van der Waals surface area contributed by atoms with Gasteiger partial charge in [-0.2, -0.15) is 0 Å². The van der Waals surface area contributed by atoms with Crippen LogP contribution in [-0.2, 0) is 0 Å². The normalized spacial score (nSPS) is 11.5. The Hall–Kier alpha value is -0.251. The summed E-state index contributed by atoms with van der Waals surface area (Å²) < 4.78 is 5.71. The first-order chi connectivity index (χ1) is 5.02. The van der Waals surface area contributed by atoms with Crippen LogP contribution in [0, 0.1) is 0 Å². The van der Waals surface area contributed by atoms with E-state index in [9.17, 15) is 4.79 Å². The Labute approximate surface area is 70.1 Å². The molecule has 1 rings (SSSR count). The van der Waals surface area contributed by atoms with E-state index in [4.69, 9.17) is 4.42 Å². The van der Waals surface area contributed by atoms with Crippen LogP contribution in [0.3, 0.4) is 0 Å². The molecule has 0 aliphatic carbocycles. The van der Waals surface area contributed by atoms with Crippen molar-refractivity contribution in [3.05, 3.63) is 28.8 Å². The van der Waals surface area contributed by atoms with Crippen LogP contribution in [0.25, 0.3) is 0 Å². The first kappa shape index (κ1) is 8.84. The van der Waals surface area contributed by atoms with E-state index in [-0.39, 0.29) is 5.63 Å². The Morgan fingerprint density at radius 1 is 1.36 bits per heavy atom. The first-order valence-corrected chi connectivity index (χ1v) is 13.6. The summed E-state index contributed by atoms with van der Waals surface area (Å²) in [7, 11) is 0. The van der Waals surface area contributed by atoms with Gasteiger partial charge in [-0.25, -0.2) is 0 Å². The second-order valence-electron chi connectivity index (χ2n) is 3.56. The predicted molar refractivity (Wildman–Crippen MR) is 48.0 cm³/mol. The van der Waals surface area contributed by atoms with E-state index >= 15 is 0 Å². The van der Waals surface area contributed by atoms with Crippen LogP contribution >= 0.6 is 0 Å². The standard InChI is InChI=1S/C5H3O2.3CH3.Sn/c6-5-3-1-2-4-7-5;;;;/h1-2,4H;3*1H3;. The van der Waals surface area contributed by atoms with Crippen LogP contribution in [-0.4, -0.2) is 18.4 Å². The molecule has 11 heavy (non-hydrogen) atoms. The third-order valence-electron chi connectivity index (χ3n) is 1.54. The zero-order chi connectivity index (χ0) is 8.48. The van der Waals surface area contributed by atoms with Gasteiger partial charge in [-0.15, -0.1) is 0 Å².